The van der Waals surface area contributed by atoms with Crippen LogP contribution in [0, 0.1) is 17.2 Å². The van der Waals surface area contributed by atoms with Crippen LogP contribution in [-0.4, -0.2) is 19.8 Å². The molecular weight excluding hydrogens is 200 g/mol. The fourth-order valence-electron chi connectivity index (χ4n) is 1.96. The van der Waals surface area contributed by atoms with Gasteiger partial charge in [-0.05, 0) is 30.9 Å². The van der Waals surface area contributed by atoms with E-state index < -0.39 is 0 Å². The minimum Gasteiger partial charge on any atom is -0.384 e. The Morgan fingerprint density at radius 3 is 3.06 bits per heavy atom. The van der Waals surface area contributed by atoms with Gasteiger partial charge < -0.3 is 10.1 Å². The number of nitriles is 1. The molecule has 1 aliphatic heterocycles. The molecule has 1 saturated heterocycles. The van der Waals surface area contributed by atoms with Crippen molar-refractivity contribution in [2.75, 3.05) is 25.1 Å². The van der Waals surface area contributed by atoms with Crippen LogP contribution in [0.15, 0.2) is 24.3 Å². The summed E-state index contributed by atoms with van der Waals surface area (Å²) < 4.78 is 5.32. The van der Waals surface area contributed by atoms with Crippen LogP contribution >= 0.6 is 0 Å². The van der Waals surface area contributed by atoms with Gasteiger partial charge >= 0.3 is 0 Å². The van der Waals surface area contributed by atoms with Gasteiger partial charge in [0.1, 0.15) is 6.07 Å². The van der Waals surface area contributed by atoms with Crippen LogP contribution in [0.1, 0.15) is 18.4 Å². The predicted octanol–water partition coefficient (Wildman–Crippen LogP) is 2.40. The fraction of sp³-hybridized carbons (Fsp3) is 0.462. The molecule has 1 fully saturated rings. The van der Waals surface area contributed by atoms with Gasteiger partial charge in [0, 0.05) is 19.8 Å². The third-order valence-electron chi connectivity index (χ3n) is 2.94. The summed E-state index contributed by atoms with van der Waals surface area (Å²) in [5.41, 5.74) is 1.65. The Morgan fingerprint density at radius 2 is 2.31 bits per heavy atom. The van der Waals surface area contributed by atoms with E-state index >= 15 is 0 Å². The lowest BCUT2D eigenvalue weighted by Crippen LogP contribution is -2.09. The minimum absolute atomic E-state index is 0.682. The summed E-state index contributed by atoms with van der Waals surface area (Å²) in [6.45, 7) is 2.70. The Hall–Kier alpha value is -1.53. The molecular formula is C13H16N2O. The molecule has 0 amide bonds. The average Bonchev–Trinajstić information content (AvgIpc) is 2.83. The highest BCUT2D eigenvalue weighted by molar-refractivity contribution is 5.56. The van der Waals surface area contributed by atoms with E-state index in [1.165, 1.54) is 6.42 Å². The second kappa shape index (κ2) is 5.53. The SMILES string of the molecule is N#Cc1ccccc1NCCC1CCOC1. The molecule has 1 N–H and O–H groups in total. The van der Waals surface area contributed by atoms with Crippen LogP contribution in [0.5, 0.6) is 0 Å². The second-order valence-electron chi connectivity index (χ2n) is 4.10. The molecule has 0 radical (unpaired) electrons. The van der Waals surface area contributed by atoms with Crippen LogP contribution in [0.2, 0.25) is 0 Å². The highest BCUT2D eigenvalue weighted by Gasteiger charge is 2.14. The molecule has 1 aliphatic rings. The third kappa shape index (κ3) is 2.74. The highest BCUT2D eigenvalue weighted by Crippen LogP contribution is 2.18. The van der Waals surface area contributed by atoms with Crippen molar-refractivity contribution >= 4 is 5.69 Å². The fourth-order valence-corrected chi connectivity index (χ4v) is 1.96. The van der Waals surface area contributed by atoms with Gasteiger partial charge in [0.2, 0.25) is 0 Å². The zero-order valence-corrected chi connectivity index (χ0v) is 9.28. The summed E-state index contributed by atoms with van der Waals surface area (Å²) >= 11 is 0. The van der Waals surface area contributed by atoms with Crippen LogP contribution in [-0.2, 0) is 4.74 Å². The molecule has 1 atom stereocenters. The van der Waals surface area contributed by atoms with Crippen molar-refractivity contribution in [2.24, 2.45) is 5.92 Å². The van der Waals surface area contributed by atoms with Crippen molar-refractivity contribution in [2.45, 2.75) is 12.8 Å². The second-order valence-corrected chi connectivity index (χ2v) is 4.10. The maximum Gasteiger partial charge on any atom is 0.101 e. The number of benzene rings is 1. The van der Waals surface area contributed by atoms with Crippen molar-refractivity contribution in [1.82, 2.24) is 0 Å². The molecule has 0 spiro atoms. The summed E-state index contributed by atoms with van der Waals surface area (Å²) in [4.78, 5) is 0. The topological polar surface area (TPSA) is 45.0 Å². The zero-order chi connectivity index (χ0) is 11.2. The Bertz CT molecular complexity index is 378. The van der Waals surface area contributed by atoms with Crippen molar-refractivity contribution in [3.8, 4) is 6.07 Å². The lowest BCUT2D eigenvalue weighted by Gasteiger charge is -2.10. The summed E-state index contributed by atoms with van der Waals surface area (Å²) in [7, 11) is 0. The molecule has 1 unspecified atom stereocenters. The van der Waals surface area contributed by atoms with Crippen molar-refractivity contribution in [3.63, 3.8) is 0 Å². The van der Waals surface area contributed by atoms with Gasteiger partial charge in [0.25, 0.3) is 0 Å². The number of nitrogens with zero attached hydrogens (tertiary/aromatic N) is 1. The Labute approximate surface area is 96.0 Å². The first-order valence-corrected chi connectivity index (χ1v) is 5.71. The normalized spacial score (nSPS) is 19.3. The molecule has 0 bridgehead atoms. The number of nitrogens with one attached hydrogen (secondary N) is 1. The van der Waals surface area contributed by atoms with E-state index in [0.717, 1.165) is 31.9 Å². The van der Waals surface area contributed by atoms with E-state index in [1.807, 2.05) is 24.3 Å². The largest absolute Gasteiger partial charge is 0.384 e. The molecule has 84 valence electrons. The van der Waals surface area contributed by atoms with Crippen molar-refractivity contribution in [1.29, 1.82) is 5.26 Å². The van der Waals surface area contributed by atoms with Crippen LogP contribution in [0.25, 0.3) is 0 Å². The number of ether oxygens (including phenoxy) is 1. The smallest absolute Gasteiger partial charge is 0.101 e. The van der Waals surface area contributed by atoms with E-state index in [2.05, 4.69) is 11.4 Å². The summed E-state index contributed by atoms with van der Waals surface area (Å²) in [6.07, 6.45) is 2.28. The van der Waals surface area contributed by atoms with Crippen molar-refractivity contribution < 1.29 is 4.74 Å². The van der Waals surface area contributed by atoms with Gasteiger partial charge in [-0.3, -0.25) is 0 Å². The molecule has 1 heterocycles. The van der Waals surface area contributed by atoms with Crippen LogP contribution in [0.4, 0.5) is 5.69 Å². The Balaban J connectivity index is 1.82. The third-order valence-corrected chi connectivity index (χ3v) is 2.94. The molecule has 1 aromatic rings. The van der Waals surface area contributed by atoms with E-state index in [-0.39, 0.29) is 0 Å². The molecule has 0 saturated carbocycles. The standard InChI is InChI=1S/C13H16N2O/c14-9-12-3-1-2-4-13(12)15-7-5-11-6-8-16-10-11/h1-4,11,15H,5-8,10H2. The summed E-state index contributed by atoms with van der Waals surface area (Å²) in [5.74, 6) is 0.682. The summed E-state index contributed by atoms with van der Waals surface area (Å²) in [6, 6.07) is 9.80. The van der Waals surface area contributed by atoms with E-state index in [0.29, 0.717) is 11.5 Å². The molecule has 0 aromatic heterocycles. The van der Waals surface area contributed by atoms with Crippen LogP contribution < -0.4 is 5.32 Å². The molecule has 3 nitrogen and oxygen atoms in total. The van der Waals surface area contributed by atoms with E-state index in [9.17, 15) is 0 Å². The number of para-hydroxylation sites is 1. The first kappa shape index (κ1) is 11.0. The van der Waals surface area contributed by atoms with E-state index in [4.69, 9.17) is 10.00 Å². The number of rotatable bonds is 4. The lowest BCUT2D eigenvalue weighted by atomic mass is 10.1. The monoisotopic (exact) mass is 216 g/mol. The molecule has 0 aliphatic carbocycles. The van der Waals surface area contributed by atoms with Gasteiger partial charge in [0.05, 0.1) is 11.3 Å². The number of hydrogen-bond acceptors (Lipinski definition) is 3. The van der Waals surface area contributed by atoms with Gasteiger partial charge in [-0.25, -0.2) is 0 Å². The molecule has 16 heavy (non-hydrogen) atoms. The van der Waals surface area contributed by atoms with Crippen molar-refractivity contribution in [3.05, 3.63) is 29.8 Å². The average molecular weight is 216 g/mol. The van der Waals surface area contributed by atoms with E-state index in [1.54, 1.807) is 0 Å². The quantitative estimate of drug-likeness (QED) is 0.840. The highest BCUT2D eigenvalue weighted by atomic mass is 16.5. The van der Waals surface area contributed by atoms with Crippen LogP contribution in [0.3, 0.4) is 0 Å². The molecule has 1 aromatic carbocycles. The maximum atomic E-state index is 8.92. The maximum absolute atomic E-state index is 8.92. The first-order valence-electron chi connectivity index (χ1n) is 5.71. The van der Waals surface area contributed by atoms with Gasteiger partial charge in [0.15, 0.2) is 0 Å². The molecule has 2 rings (SSSR count). The first-order chi connectivity index (χ1) is 7.90. The molecule has 3 heteroatoms. The lowest BCUT2D eigenvalue weighted by molar-refractivity contribution is 0.185. The van der Waals surface area contributed by atoms with Gasteiger partial charge in [-0.1, -0.05) is 12.1 Å². The Morgan fingerprint density at radius 1 is 1.44 bits per heavy atom. The summed E-state index contributed by atoms with van der Waals surface area (Å²) in [5, 5.41) is 12.2. The number of anilines is 1. The van der Waals surface area contributed by atoms with Gasteiger partial charge in [-0.15, -0.1) is 0 Å². The predicted molar refractivity (Wildman–Crippen MR) is 63.2 cm³/mol. The number of hydrogen-bond donors (Lipinski definition) is 1. The zero-order valence-electron chi connectivity index (χ0n) is 9.28. The minimum atomic E-state index is 0.682. The Kier molecular flexibility index (Phi) is 3.79. The van der Waals surface area contributed by atoms with Gasteiger partial charge in [-0.2, -0.15) is 5.26 Å².